The van der Waals surface area contributed by atoms with Gasteiger partial charge in [-0.3, -0.25) is 4.79 Å². The molecule has 0 bridgehead atoms. The summed E-state index contributed by atoms with van der Waals surface area (Å²) in [6, 6.07) is 4.73. The molecule has 0 saturated carbocycles. The Morgan fingerprint density at radius 3 is 2.62 bits per heavy atom. The van der Waals surface area contributed by atoms with Crippen molar-refractivity contribution < 1.29 is 24.2 Å². The lowest BCUT2D eigenvalue weighted by atomic mass is 10.0. The van der Waals surface area contributed by atoms with Crippen molar-refractivity contribution in [2.45, 2.75) is 32.4 Å². The number of nitrogens with one attached hydrogen (secondary N) is 1. The van der Waals surface area contributed by atoms with Crippen molar-refractivity contribution in [2.24, 2.45) is 0 Å². The fourth-order valence-corrected chi connectivity index (χ4v) is 1.60. The molecule has 0 spiro atoms. The molecule has 1 amide bonds. The Labute approximate surface area is 123 Å². The van der Waals surface area contributed by atoms with Crippen molar-refractivity contribution in [3.8, 4) is 5.88 Å². The zero-order valence-electron chi connectivity index (χ0n) is 12.5. The van der Waals surface area contributed by atoms with Gasteiger partial charge in [0.15, 0.2) is 5.54 Å². The van der Waals surface area contributed by atoms with Crippen LogP contribution in [0.15, 0.2) is 18.2 Å². The molecule has 0 aliphatic heterocycles. The van der Waals surface area contributed by atoms with E-state index >= 15 is 0 Å². The normalized spacial score (nSPS) is 13.6. The molecule has 1 heterocycles. The molecule has 0 aliphatic carbocycles. The highest BCUT2D eigenvalue weighted by Gasteiger charge is 2.35. The van der Waals surface area contributed by atoms with Crippen LogP contribution in [0.2, 0.25) is 0 Å². The van der Waals surface area contributed by atoms with Crippen LogP contribution in [0, 0.1) is 0 Å². The number of pyridine rings is 1. The predicted octanol–water partition coefficient (Wildman–Crippen LogP) is 1.09. The largest absolute Gasteiger partial charge is 0.479 e. The van der Waals surface area contributed by atoms with E-state index in [4.69, 9.17) is 9.47 Å². The second kappa shape index (κ2) is 7.03. The Morgan fingerprint density at radius 2 is 2.10 bits per heavy atom. The third-order valence-electron chi connectivity index (χ3n) is 2.61. The third-order valence-corrected chi connectivity index (χ3v) is 2.61. The molecular formula is C14H20N2O5. The van der Waals surface area contributed by atoms with Crippen molar-refractivity contribution in [2.75, 3.05) is 13.7 Å². The van der Waals surface area contributed by atoms with Crippen LogP contribution < -0.4 is 10.1 Å². The van der Waals surface area contributed by atoms with E-state index in [-0.39, 0.29) is 18.4 Å². The van der Waals surface area contributed by atoms with E-state index < -0.39 is 17.4 Å². The Hall–Kier alpha value is -2.15. The SMILES string of the molecule is COCC(C)(NC(=O)c1cccc(OC(C)C)n1)C(=O)O. The van der Waals surface area contributed by atoms with E-state index in [0.29, 0.717) is 5.88 Å². The highest BCUT2D eigenvalue weighted by Crippen LogP contribution is 2.11. The summed E-state index contributed by atoms with van der Waals surface area (Å²) in [6.07, 6.45) is -0.0754. The Bertz CT molecular complexity index is 518. The predicted molar refractivity (Wildman–Crippen MR) is 75.4 cm³/mol. The maximum Gasteiger partial charge on any atom is 0.331 e. The first kappa shape index (κ1) is 16.9. The maximum absolute atomic E-state index is 12.1. The van der Waals surface area contributed by atoms with Crippen molar-refractivity contribution in [3.63, 3.8) is 0 Å². The average Bonchev–Trinajstić information content (AvgIpc) is 2.38. The second-order valence-corrected chi connectivity index (χ2v) is 5.05. The standard InChI is InChI=1S/C14H20N2O5/c1-9(2)21-11-7-5-6-10(15-11)12(17)16-14(3,8-20-4)13(18)19/h5-7,9H,8H2,1-4H3,(H,16,17)(H,18,19). The minimum absolute atomic E-state index is 0.0754. The van der Waals surface area contributed by atoms with Crippen molar-refractivity contribution >= 4 is 11.9 Å². The van der Waals surface area contributed by atoms with Gasteiger partial charge in [-0.2, -0.15) is 0 Å². The van der Waals surface area contributed by atoms with Crippen molar-refractivity contribution in [1.82, 2.24) is 10.3 Å². The molecule has 0 saturated heterocycles. The molecule has 0 radical (unpaired) electrons. The number of aliphatic carboxylic acids is 1. The number of nitrogens with zero attached hydrogens (tertiary/aromatic N) is 1. The molecule has 0 aromatic carbocycles. The Morgan fingerprint density at radius 1 is 1.43 bits per heavy atom. The molecule has 7 nitrogen and oxygen atoms in total. The van der Waals surface area contributed by atoms with E-state index in [1.807, 2.05) is 13.8 Å². The van der Waals surface area contributed by atoms with Gasteiger partial charge in [-0.25, -0.2) is 9.78 Å². The van der Waals surface area contributed by atoms with Gasteiger partial charge in [0.2, 0.25) is 5.88 Å². The van der Waals surface area contributed by atoms with Gasteiger partial charge < -0.3 is 19.9 Å². The van der Waals surface area contributed by atoms with Crippen LogP contribution in [-0.4, -0.2) is 47.3 Å². The average molecular weight is 296 g/mol. The molecule has 1 rings (SSSR count). The highest BCUT2D eigenvalue weighted by atomic mass is 16.5. The van der Waals surface area contributed by atoms with Crippen LogP contribution in [0.25, 0.3) is 0 Å². The fraction of sp³-hybridized carbons (Fsp3) is 0.500. The zero-order valence-corrected chi connectivity index (χ0v) is 12.5. The van der Waals surface area contributed by atoms with E-state index in [1.165, 1.54) is 20.1 Å². The number of carbonyl (C=O) groups excluding carboxylic acids is 1. The summed E-state index contributed by atoms with van der Waals surface area (Å²) in [5.41, 5.74) is -1.45. The summed E-state index contributed by atoms with van der Waals surface area (Å²) >= 11 is 0. The molecule has 1 aromatic heterocycles. The lowest BCUT2D eigenvalue weighted by molar-refractivity contribution is -0.145. The maximum atomic E-state index is 12.1. The van der Waals surface area contributed by atoms with Gasteiger partial charge >= 0.3 is 5.97 Å². The van der Waals surface area contributed by atoms with Crippen LogP contribution in [-0.2, 0) is 9.53 Å². The van der Waals surface area contributed by atoms with Crippen LogP contribution in [0.1, 0.15) is 31.3 Å². The lowest BCUT2D eigenvalue weighted by Crippen LogP contribution is -2.55. The molecule has 2 N–H and O–H groups in total. The van der Waals surface area contributed by atoms with Crippen LogP contribution in [0.3, 0.4) is 0 Å². The van der Waals surface area contributed by atoms with Crippen LogP contribution >= 0.6 is 0 Å². The molecule has 0 fully saturated rings. The summed E-state index contributed by atoms with van der Waals surface area (Å²) in [6.45, 7) is 4.89. The number of carbonyl (C=O) groups is 2. The summed E-state index contributed by atoms with van der Waals surface area (Å²) in [5.74, 6) is -1.49. The van der Waals surface area contributed by atoms with Gasteiger partial charge in [0, 0.05) is 13.2 Å². The number of ether oxygens (including phenoxy) is 2. The van der Waals surface area contributed by atoms with E-state index in [9.17, 15) is 14.7 Å². The number of carboxylic acids is 1. The number of methoxy groups -OCH3 is 1. The molecule has 116 valence electrons. The van der Waals surface area contributed by atoms with Gasteiger partial charge in [0.1, 0.15) is 5.69 Å². The summed E-state index contributed by atoms with van der Waals surface area (Å²) in [7, 11) is 1.36. The number of carboxylic acid groups (broad SMARTS) is 1. The topological polar surface area (TPSA) is 97.8 Å². The Kier molecular flexibility index (Phi) is 5.66. The molecular weight excluding hydrogens is 276 g/mol. The summed E-state index contributed by atoms with van der Waals surface area (Å²) in [5, 5.41) is 11.6. The number of amides is 1. The quantitative estimate of drug-likeness (QED) is 0.781. The first-order chi connectivity index (χ1) is 9.78. The second-order valence-electron chi connectivity index (χ2n) is 5.05. The van der Waals surface area contributed by atoms with Crippen molar-refractivity contribution in [1.29, 1.82) is 0 Å². The summed E-state index contributed by atoms with van der Waals surface area (Å²) in [4.78, 5) is 27.4. The third kappa shape index (κ3) is 4.71. The highest BCUT2D eigenvalue weighted by molar-refractivity contribution is 5.96. The minimum atomic E-state index is -1.53. The molecule has 7 heteroatoms. The van der Waals surface area contributed by atoms with Gasteiger partial charge in [-0.15, -0.1) is 0 Å². The number of rotatable bonds is 7. The van der Waals surface area contributed by atoms with Crippen molar-refractivity contribution in [3.05, 3.63) is 23.9 Å². The number of aromatic nitrogens is 1. The first-order valence-corrected chi connectivity index (χ1v) is 6.47. The molecule has 1 atom stereocenters. The smallest absolute Gasteiger partial charge is 0.331 e. The lowest BCUT2D eigenvalue weighted by Gasteiger charge is -2.25. The van der Waals surface area contributed by atoms with Gasteiger partial charge in [0.25, 0.3) is 5.91 Å². The summed E-state index contributed by atoms with van der Waals surface area (Å²) < 4.78 is 10.2. The first-order valence-electron chi connectivity index (χ1n) is 6.47. The van der Waals surface area contributed by atoms with E-state index in [0.717, 1.165) is 0 Å². The van der Waals surface area contributed by atoms with Crippen LogP contribution in [0.4, 0.5) is 0 Å². The molecule has 1 unspecified atom stereocenters. The fourth-order valence-electron chi connectivity index (χ4n) is 1.60. The molecule has 21 heavy (non-hydrogen) atoms. The van der Waals surface area contributed by atoms with E-state index in [1.54, 1.807) is 12.1 Å². The van der Waals surface area contributed by atoms with Crippen LogP contribution in [0.5, 0.6) is 5.88 Å². The van der Waals surface area contributed by atoms with E-state index in [2.05, 4.69) is 10.3 Å². The monoisotopic (exact) mass is 296 g/mol. The van der Waals surface area contributed by atoms with Gasteiger partial charge in [-0.05, 0) is 26.8 Å². The number of hydrogen-bond donors (Lipinski definition) is 2. The molecule has 1 aromatic rings. The molecule has 0 aliphatic rings. The zero-order chi connectivity index (χ0) is 16.0. The Balaban J connectivity index is 2.90. The minimum Gasteiger partial charge on any atom is -0.479 e. The van der Waals surface area contributed by atoms with Gasteiger partial charge in [0.05, 0.1) is 12.7 Å². The number of hydrogen-bond acceptors (Lipinski definition) is 5. The van der Waals surface area contributed by atoms with Gasteiger partial charge in [-0.1, -0.05) is 6.07 Å².